The Morgan fingerprint density at radius 3 is 3.00 bits per heavy atom. The van der Waals surface area contributed by atoms with Gasteiger partial charge in [-0.05, 0) is 24.3 Å². The third-order valence-electron chi connectivity index (χ3n) is 3.06. The molecule has 0 saturated heterocycles. The average Bonchev–Trinajstić information content (AvgIpc) is 2.89. The van der Waals surface area contributed by atoms with Crippen LogP contribution < -0.4 is 5.32 Å². The molecule has 0 saturated carbocycles. The van der Waals surface area contributed by atoms with Gasteiger partial charge >= 0.3 is 0 Å². The first kappa shape index (κ1) is 13.6. The van der Waals surface area contributed by atoms with Crippen LogP contribution in [0.1, 0.15) is 16.1 Å². The predicted octanol–water partition coefficient (Wildman–Crippen LogP) is 2.36. The number of aromatic nitrogens is 3. The number of carbonyl (C=O) groups is 1. The maximum atomic E-state index is 11.9. The van der Waals surface area contributed by atoms with Gasteiger partial charge in [-0.1, -0.05) is 11.6 Å². The average molecular weight is 301 g/mol. The summed E-state index contributed by atoms with van der Waals surface area (Å²) in [5, 5.41) is 3.51. The number of nitrogens with zero attached hydrogens (tertiary/aromatic N) is 3. The summed E-state index contributed by atoms with van der Waals surface area (Å²) in [6.45, 7) is 0.519. The number of hydrogen-bond acceptors (Lipinski definition) is 3. The molecule has 3 heterocycles. The highest BCUT2D eigenvalue weighted by molar-refractivity contribution is 6.30. The molecule has 106 valence electrons. The number of fused-ring (bicyclic) bond motifs is 1. The van der Waals surface area contributed by atoms with E-state index in [2.05, 4.69) is 15.3 Å². The Morgan fingerprint density at radius 1 is 1.29 bits per heavy atom. The molecular weight excluding hydrogens is 288 g/mol. The summed E-state index contributed by atoms with van der Waals surface area (Å²) in [7, 11) is 0. The van der Waals surface area contributed by atoms with Crippen molar-refractivity contribution in [2.45, 2.75) is 6.42 Å². The third-order valence-corrected chi connectivity index (χ3v) is 3.28. The summed E-state index contributed by atoms with van der Waals surface area (Å²) in [6.07, 6.45) is 7.56. The summed E-state index contributed by atoms with van der Waals surface area (Å²) < 4.78 is 1.88. The highest BCUT2D eigenvalue weighted by Gasteiger charge is 2.06. The van der Waals surface area contributed by atoms with Crippen molar-refractivity contribution in [3.05, 3.63) is 65.3 Å². The van der Waals surface area contributed by atoms with Crippen molar-refractivity contribution in [2.24, 2.45) is 0 Å². The summed E-state index contributed by atoms with van der Waals surface area (Å²) in [6, 6.07) is 7.13. The predicted molar refractivity (Wildman–Crippen MR) is 80.5 cm³/mol. The number of halogens is 1. The van der Waals surface area contributed by atoms with Gasteiger partial charge in [-0.15, -0.1) is 0 Å². The molecule has 21 heavy (non-hydrogen) atoms. The Morgan fingerprint density at radius 2 is 2.19 bits per heavy atom. The first-order chi connectivity index (χ1) is 10.2. The normalized spacial score (nSPS) is 10.7. The maximum Gasteiger partial charge on any atom is 0.252 e. The fourth-order valence-corrected chi connectivity index (χ4v) is 2.21. The Hall–Kier alpha value is -2.40. The van der Waals surface area contributed by atoms with Gasteiger partial charge in [0.15, 0.2) is 0 Å². The number of rotatable bonds is 4. The van der Waals surface area contributed by atoms with Crippen molar-refractivity contribution >= 4 is 23.2 Å². The largest absolute Gasteiger partial charge is 0.352 e. The van der Waals surface area contributed by atoms with E-state index in [0.29, 0.717) is 23.6 Å². The van der Waals surface area contributed by atoms with Crippen LogP contribution in [0, 0.1) is 0 Å². The molecule has 0 spiro atoms. The molecule has 0 atom stereocenters. The van der Waals surface area contributed by atoms with Crippen molar-refractivity contribution in [3.63, 3.8) is 0 Å². The smallest absolute Gasteiger partial charge is 0.252 e. The molecule has 0 bridgehead atoms. The zero-order chi connectivity index (χ0) is 14.7. The van der Waals surface area contributed by atoms with E-state index >= 15 is 0 Å². The van der Waals surface area contributed by atoms with Gasteiger partial charge in [0.2, 0.25) is 0 Å². The molecule has 0 unspecified atom stereocenters. The Kier molecular flexibility index (Phi) is 3.83. The van der Waals surface area contributed by atoms with Crippen LogP contribution in [0.5, 0.6) is 0 Å². The van der Waals surface area contributed by atoms with E-state index in [1.54, 1.807) is 30.6 Å². The monoisotopic (exact) mass is 300 g/mol. The summed E-state index contributed by atoms with van der Waals surface area (Å²) in [5.74, 6) is -0.130. The van der Waals surface area contributed by atoms with Gasteiger partial charge in [-0.2, -0.15) is 0 Å². The first-order valence-electron chi connectivity index (χ1n) is 6.54. The molecule has 3 aromatic heterocycles. The van der Waals surface area contributed by atoms with Crippen molar-refractivity contribution < 1.29 is 4.79 Å². The lowest BCUT2D eigenvalue weighted by Crippen LogP contribution is -2.25. The van der Waals surface area contributed by atoms with E-state index in [9.17, 15) is 4.79 Å². The minimum Gasteiger partial charge on any atom is -0.352 e. The fraction of sp³-hybridized carbons (Fsp3) is 0.133. The van der Waals surface area contributed by atoms with Crippen molar-refractivity contribution in [1.29, 1.82) is 0 Å². The molecule has 0 aliphatic rings. The lowest BCUT2D eigenvalue weighted by Gasteiger charge is -2.02. The molecule has 0 aromatic carbocycles. The quantitative estimate of drug-likeness (QED) is 0.804. The highest BCUT2D eigenvalue weighted by atomic mass is 35.5. The second kappa shape index (κ2) is 5.93. The number of pyridine rings is 2. The van der Waals surface area contributed by atoms with Crippen LogP contribution in [0.2, 0.25) is 5.02 Å². The second-order valence-electron chi connectivity index (χ2n) is 4.59. The molecular formula is C15H13ClN4O. The topological polar surface area (TPSA) is 59.3 Å². The standard InChI is InChI=1S/C15H13ClN4O/c16-12-3-4-14-19-13(10-20(14)9-12)5-7-18-15(21)11-2-1-6-17-8-11/h1-4,6,8-10H,5,7H2,(H,18,21). The lowest BCUT2D eigenvalue weighted by atomic mass is 10.2. The molecule has 5 nitrogen and oxygen atoms in total. The van der Waals surface area contributed by atoms with Crippen LogP contribution in [0.3, 0.4) is 0 Å². The highest BCUT2D eigenvalue weighted by Crippen LogP contribution is 2.11. The molecule has 3 rings (SSSR count). The van der Waals surface area contributed by atoms with Gasteiger partial charge in [0.05, 0.1) is 16.3 Å². The number of amides is 1. The van der Waals surface area contributed by atoms with Gasteiger partial charge in [-0.25, -0.2) is 4.98 Å². The molecule has 0 aliphatic carbocycles. The van der Waals surface area contributed by atoms with Crippen LogP contribution in [0.15, 0.2) is 49.1 Å². The maximum absolute atomic E-state index is 11.9. The zero-order valence-corrected chi connectivity index (χ0v) is 11.9. The van der Waals surface area contributed by atoms with Crippen molar-refractivity contribution in [1.82, 2.24) is 19.7 Å². The van der Waals surface area contributed by atoms with E-state index in [1.807, 2.05) is 22.9 Å². The minimum absolute atomic E-state index is 0.130. The van der Waals surface area contributed by atoms with Gasteiger partial charge in [0.25, 0.3) is 5.91 Å². The van der Waals surface area contributed by atoms with Crippen LogP contribution in [-0.4, -0.2) is 26.8 Å². The fourth-order valence-electron chi connectivity index (χ4n) is 2.04. The van der Waals surface area contributed by atoms with E-state index in [4.69, 9.17) is 11.6 Å². The van der Waals surface area contributed by atoms with Gasteiger partial charge in [0.1, 0.15) is 5.65 Å². The molecule has 1 amide bonds. The Balaban J connectivity index is 1.60. The van der Waals surface area contributed by atoms with Crippen molar-refractivity contribution in [3.8, 4) is 0 Å². The first-order valence-corrected chi connectivity index (χ1v) is 6.91. The Labute approximate surface area is 126 Å². The molecule has 3 aromatic rings. The van der Waals surface area contributed by atoms with E-state index in [1.165, 1.54) is 0 Å². The van der Waals surface area contributed by atoms with Crippen LogP contribution in [0.25, 0.3) is 5.65 Å². The number of nitrogens with one attached hydrogen (secondary N) is 1. The van der Waals surface area contributed by atoms with Crippen molar-refractivity contribution in [2.75, 3.05) is 6.54 Å². The summed E-state index contributed by atoms with van der Waals surface area (Å²) in [5.41, 5.74) is 2.30. The molecule has 6 heteroatoms. The van der Waals surface area contributed by atoms with E-state index < -0.39 is 0 Å². The second-order valence-corrected chi connectivity index (χ2v) is 5.03. The van der Waals surface area contributed by atoms with Gasteiger partial charge < -0.3 is 9.72 Å². The van der Waals surface area contributed by atoms with Crippen LogP contribution in [-0.2, 0) is 6.42 Å². The number of hydrogen-bond donors (Lipinski definition) is 1. The molecule has 0 aliphatic heterocycles. The summed E-state index contributed by atoms with van der Waals surface area (Å²) in [4.78, 5) is 20.2. The van der Waals surface area contributed by atoms with E-state index in [0.717, 1.165) is 11.3 Å². The number of carbonyl (C=O) groups excluding carboxylic acids is 1. The SMILES string of the molecule is O=C(NCCc1cn2cc(Cl)ccc2n1)c1cccnc1. The minimum atomic E-state index is -0.130. The molecule has 0 fully saturated rings. The summed E-state index contributed by atoms with van der Waals surface area (Å²) >= 11 is 5.93. The Bertz CT molecular complexity index is 770. The van der Waals surface area contributed by atoms with Crippen LogP contribution >= 0.6 is 11.6 Å². The molecule has 0 radical (unpaired) electrons. The van der Waals surface area contributed by atoms with Gasteiger partial charge in [0, 0.05) is 37.8 Å². The number of imidazole rings is 1. The van der Waals surface area contributed by atoms with E-state index in [-0.39, 0.29) is 5.91 Å². The zero-order valence-electron chi connectivity index (χ0n) is 11.2. The lowest BCUT2D eigenvalue weighted by molar-refractivity contribution is 0.0953. The molecule has 1 N–H and O–H groups in total. The van der Waals surface area contributed by atoms with Crippen LogP contribution in [0.4, 0.5) is 0 Å². The van der Waals surface area contributed by atoms with Gasteiger partial charge in [-0.3, -0.25) is 9.78 Å². The third kappa shape index (κ3) is 3.20.